The monoisotopic (exact) mass is 478 g/mol. The van der Waals surface area contributed by atoms with E-state index in [1.54, 1.807) is 27.7 Å². The van der Waals surface area contributed by atoms with Crippen molar-refractivity contribution < 1.29 is 42.2 Å². The van der Waals surface area contributed by atoms with Crippen LogP contribution in [-0.4, -0.2) is 66.9 Å². The molecule has 0 spiro atoms. The number of ether oxygens (including phenoxy) is 4. The molecular formula is C20H38O9Si2. The van der Waals surface area contributed by atoms with Gasteiger partial charge in [-0.1, -0.05) is 0 Å². The second-order valence-corrected chi connectivity index (χ2v) is 16.8. The van der Waals surface area contributed by atoms with Gasteiger partial charge in [-0.3, -0.25) is 19.2 Å². The molecule has 31 heavy (non-hydrogen) atoms. The van der Waals surface area contributed by atoms with Crippen LogP contribution in [0.1, 0.15) is 27.7 Å². The van der Waals surface area contributed by atoms with Gasteiger partial charge in [-0.25, -0.2) is 0 Å². The molecule has 0 unspecified atom stereocenters. The number of carbonyl (C=O) groups is 4. The van der Waals surface area contributed by atoms with E-state index in [9.17, 15) is 19.2 Å². The molecule has 0 amide bonds. The number of esters is 4. The van der Waals surface area contributed by atoms with Crippen molar-refractivity contribution in [2.24, 2.45) is 11.8 Å². The smallest absolute Gasteiger partial charge is 0.320 e. The Bertz CT molecular complexity index is 532. The third-order valence-corrected chi connectivity index (χ3v) is 11.4. The second-order valence-electron chi connectivity index (χ2n) is 8.14. The molecule has 0 radical (unpaired) electrons. The topological polar surface area (TPSA) is 114 Å². The maximum absolute atomic E-state index is 12.3. The minimum absolute atomic E-state index is 0.151. The van der Waals surface area contributed by atoms with E-state index in [1.807, 2.05) is 26.2 Å². The number of hydrogen-bond acceptors (Lipinski definition) is 9. The average molecular weight is 479 g/mol. The van der Waals surface area contributed by atoms with Crippen molar-refractivity contribution >= 4 is 40.5 Å². The van der Waals surface area contributed by atoms with Crippen LogP contribution in [0.3, 0.4) is 0 Å². The van der Waals surface area contributed by atoms with Gasteiger partial charge in [-0.15, -0.1) is 0 Å². The molecule has 0 rings (SSSR count). The first kappa shape index (κ1) is 29.3. The molecule has 0 bridgehead atoms. The van der Waals surface area contributed by atoms with Crippen molar-refractivity contribution in [3.05, 3.63) is 0 Å². The average Bonchev–Trinajstić information content (AvgIpc) is 2.64. The highest BCUT2D eigenvalue weighted by atomic mass is 28.4. The summed E-state index contributed by atoms with van der Waals surface area (Å²) in [5, 5.41) is 0. The Morgan fingerprint density at radius 3 is 0.968 bits per heavy atom. The standard InChI is InChI=1S/C20H38O9Si2/c1-9-25-17(21)15(18(22)26-10-2)13-30(5,6)29-31(7,8)14-16(19(23)27-11-3)20(24)28-12-4/h15-16H,9-14H2,1-8H3. The Labute approximate surface area is 187 Å². The SMILES string of the molecule is CCOC(=O)C(C[Si](C)(C)O[Si](C)(C)CC(C(=O)OCC)C(=O)OCC)C(=O)OCC. The Hall–Kier alpha value is -1.73. The molecule has 0 saturated heterocycles. The van der Waals surface area contributed by atoms with Crippen molar-refractivity contribution in [2.75, 3.05) is 26.4 Å². The zero-order valence-electron chi connectivity index (χ0n) is 20.1. The molecule has 180 valence electrons. The molecule has 0 aliphatic heterocycles. The van der Waals surface area contributed by atoms with E-state index >= 15 is 0 Å². The van der Waals surface area contributed by atoms with Crippen LogP contribution in [0.2, 0.25) is 38.3 Å². The van der Waals surface area contributed by atoms with Gasteiger partial charge in [0.1, 0.15) is 0 Å². The normalized spacial score (nSPS) is 11.9. The van der Waals surface area contributed by atoms with Crippen LogP contribution < -0.4 is 0 Å². The number of hydrogen-bond donors (Lipinski definition) is 0. The van der Waals surface area contributed by atoms with Gasteiger partial charge in [0, 0.05) is 0 Å². The van der Waals surface area contributed by atoms with Crippen molar-refractivity contribution in [1.82, 2.24) is 0 Å². The molecular weight excluding hydrogens is 440 g/mol. The minimum atomic E-state index is -2.60. The highest BCUT2D eigenvalue weighted by Crippen LogP contribution is 2.29. The van der Waals surface area contributed by atoms with E-state index in [-0.39, 0.29) is 38.5 Å². The van der Waals surface area contributed by atoms with Crippen LogP contribution >= 0.6 is 0 Å². The molecule has 0 heterocycles. The van der Waals surface area contributed by atoms with Gasteiger partial charge in [0.2, 0.25) is 0 Å². The number of rotatable bonds is 14. The van der Waals surface area contributed by atoms with Gasteiger partial charge >= 0.3 is 23.9 Å². The van der Waals surface area contributed by atoms with Crippen LogP contribution in [-0.2, 0) is 42.2 Å². The Morgan fingerprint density at radius 2 is 0.774 bits per heavy atom. The molecule has 0 aliphatic carbocycles. The zero-order chi connectivity index (χ0) is 24.2. The fraction of sp³-hybridized carbons (Fsp3) is 0.800. The lowest BCUT2D eigenvalue weighted by atomic mass is 10.2. The summed E-state index contributed by atoms with van der Waals surface area (Å²) in [5.41, 5.74) is 0. The van der Waals surface area contributed by atoms with Gasteiger partial charge in [-0.05, 0) is 66.0 Å². The summed E-state index contributed by atoms with van der Waals surface area (Å²) in [7, 11) is -5.21. The molecule has 0 atom stereocenters. The number of carbonyl (C=O) groups excluding carboxylic acids is 4. The van der Waals surface area contributed by atoms with Crippen molar-refractivity contribution in [1.29, 1.82) is 0 Å². The van der Waals surface area contributed by atoms with Gasteiger partial charge in [0.05, 0.1) is 26.4 Å². The summed E-state index contributed by atoms with van der Waals surface area (Å²) in [5.74, 6) is -4.70. The molecule has 0 aliphatic rings. The molecule has 0 saturated carbocycles. The molecule has 9 nitrogen and oxygen atoms in total. The summed E-state index contributed by atoms with van der Waals surface area (Å²) in [4.78, 5) is 49.3. The fourth-order valence-corrected chi connectivity index (χ4v) is 12.6. The Morgan fingerprint density at radius 1 is 0.548 bits per heavy atom. The van der Waals surface area contributed by atoms with Crippen LogP contribution in [0, 0.1) is 11.8 Å². The molecule has 0 aromatic carbocycles. The molecule has 0 aromatic rings. The predicted molar refractivity (Wildman–Crippen MR) is 119 cm³/mol. The van der Waals surface area contributed by atoms with E-state index in [4.69, 9.17) is 23.1 Å². The van der Waals surface area contributed by atoms with E-state index in [1.165, 1.54) is 0 Å². The van der Waals surface area contributed by atoms with Crippen molar-refractivity contribution in [2.45, 2.75) is 66.0 Å². The Kier molecular flexibility index (Phi) is 12.9. The first-order valence-corrected chi connectivity index (χ1v) is 16.9. The fourth-order valence-electron chi connectivity index (χ4n) is 3.31. The van der Waals surface area contributed by atoms with E-state index in [0.29, 0.717) is 0 Å². The lowest BCUT2D eigenvalue weighted by molar-refractivity contribution is -0.162. The minimum Gasteiger partial charge on any atom is -0.465 e. The van der Waals surface area contributed by atoms with Crippen LogP contribution in [0.5, 0.6) is 0 Å². The summed E-state index contributed by atoms with van der Waals surface area (Å²) in [6.45, 7) is 14.8. The second kappa shape index (κ2) is 13.6. The third kappa shape index (κ3) is 10.9. The lowest BCUT2D eigenvalue weighted by Crippen LogP contribution is -2.49. The highest BCUT2D eigenvalue weighted by molar-refractivity contribution is 6.85. The summed E-state index contributed by atoms with van der Waals surface area (Å²) in [6.07, 6.45) is 0. The van der Waals surface area contributed by atoms with Gasteiger partial charge in [0.25, 0.3) is 0 Å². The van der Waals surface area contributed by atoms with Gasteiger partial charge < -0.3 is 23.1 Å². The van der Waals surface area contributed by atoms with Gasteiger partial charge in [0.15, 0.2) is 28.5 Å². The van der Waals surface area contributed by atoms with Gasteiger partial charge in [-0.2, -0.15) is 0 Å². The molecule has 11 heteroatoms. The summed E-state index contributed by atoms with van der Waals surface area (Å²) in [6, 6.07) is 0.342. The molecule has 0 N–H and O–H groups in total. The van der Waals surface area contributed by atoms with Crippen LogP contribution in [0.25, 0.3) is 0 Å². The summed E-state index contributed by atoms with van der Waals surface area (Å²) < 4.78 is 26.6. The highest BCUT2D eigenvalue weighted by Gasteiger charge is 2.44. The van der Waals surface area contributed by atoms with Crippen molar-refractivity contribution in [3.63, 3.8) is 0 Å². The van der Waals surface area contributed by atoms with Crippen molar-refractivity contribution in [3.8, 4) is 0 Å². The first-order valence-electron chi connectivity index (χ1n) is 10.7. The van der Waals surface area contributed by atoms with E-state index in [2.05, 4.69) is 0 Å². The Balaban J connectivity index is 5.50. The maximum Gasteiger partial charge on any atom is 0.320 e. The van der Waals surface area contributed by atoms with Crippen LogP contribution in [0.4, 0.5) is 0 Å². The predicted octanol–water partition coefficient (Wildman–Crippen LogP) is 2.90. The first-order chi connectivity index (χ1) is 14.3. The van der Waals surface area contributed by atoms with E-state index < -0.39 is 52.3 Å². The molecule has 0 aromatic heterocycles. The molecule has 0 fully saturated rings. The van der Waals surface area contributed by atoms with E-state index in [0.717, 1.165) is 0 Å². The third-order valence-electron chi connectivity index (χ3n) is 4.23. The quantitative estimate of drug-likeness (QED) is 0.161. The summed E-state index contributed by atoms with van der Waals surface area (Å²) >= 11 is 0. The largest absolute Gasteiger partial charge is 0.465 e. The maximum atomic E-state index is 12.3. The zero-order valence-corrected chi connectivity index (χ0v) is 22.1. The lowest BCUT2D eigenvalue weighted by Gasteiger charge is -2.36. The van der Waals surface area contributed by atoms with Crippen LogP contribution in [0.15, 0.2) is 0 Å².